The number of thioether (sulfide) groups is 1. The molecule has 3 atom stereocenters. The smallest absolute Gasteiger partial charge is 0.407 e. The number of nitrogens with one attached hydrogen (secondary N) is 1. The number of amides is 1. The van der Waals surface area contributed by atoms with Crippen molar-refractivity contribution in [3.8, 4) is 5.40 Å². The number of rotatable bonds is 3. The number of nitrogens with zero attached hydrogens (tertiary/aromatic N) is 2. The van der Waals surface area contributed by atoms with Gasteiger partial charge in [0.1, 0.15) is 11.0 Å². The van der Waals surface area contributed by atoms with Crippen LogP contribution in [0.2, 0.25) is 0 Å². The van der Waals surface area contributed by atoms with E-state index in [2.05, 4.69) is 22.6 Å². The first-order valence-electron chi connectivity index (χ1n) is 8.72. The van der Waals surface area contributed by atoms with Crippen molar-refractivity contribution >= 4 is 17.9 Å². The fraction of sp³-hybridized carbons (Fsp3) is 0.632. The van der Waals surface area contributed by atoms with E-state index in [1.807, 2.05) is 26.8 Å². The van der Waals surface area contributed by atoms with Gasteiger partial charge in [-0.05, 0) is 75.3 Å². The second kappa shape index (κ2) is 10.4. The van der Waals surface area contributed by atoms with Gasteiger partial charge in [-0.2, -0.15) is 5.26 Å². The summed E-state index contributed by atoms with van der Waals surface area (Å²) in [6.07, 6.45) is 6.01. The molecule has 6 nitrogen and oxygen atoms in total. The Hall–Kier alpha value is -1.78. The lowest BCUT2D eigenvalue weighted by atomic mass is 9.76. The van der Waals surface area contributed by atoms with Gasteiger partial charge in [0.2, 0.25) is 0 Å². The van der Waals surface area contributed by atoms with Crippen molar-refractivity contribution in [1.82, 2.24) is 10.3 Å². The third-order valence-electron chi connectivity index (χ3n) is 4.08. The topological polar surface area (TPSA) is 95.2 Å². The van der Waals surface area contributed by atoms with E-state index in [1.54, 1.807) is 12.4 Å². The summed E-state index contributed by atoms with van der Waals surface area (Å²) >= 11 is 1.15. The average molecular weight is 380 g/mol. The van der Waals surface area contributed by atoms with Gasteiger partial charge >= 0.3 is 6.09 Å². The lowest BCUT2D eigenvalue weighted by Gasteiger charge is -2.35. The van der Waals surface area contributed by atoms with Crippen LogP contribution >= 0.6 is 11.8 Å². The summed E-state index contributed by atoms with van der Waals surface area (Å²) in [5, 5.41) is 21.1. The van der Waals surface area contributed by atoms with Crippen molar-refractivity contribution in [3.63, 3.8) is 0 Å². The van der Waals surface area contributed by atoms with Crippen LogP contribution in [-0.2, 0) is 4.74 Å². The third kappa shape index (κ3) is 7.22. The number of aliphatic hydroxyl groups excluding tert-OH is 1. The first kappa shape index (κ1) is 22.3. The summed E-state index contributed by atoms with van der Waals surface area (Å²) in [7, 11) is 1.00. The molecular weight excluding hydrogens is 350 g/mol. The number of ether oxygens (including phenoxy) is 1. The molecule has 0 aromatic carbocycles. The summed E-state index contributed by atoms with van der Waals surface area (Å²) in [5.74, 6) is 0.810. The van der Waals surface area contributed by atoms with Gasteiger partial charge in [-0.1, -0.05) is 6.92 Å². The summed E-state index contributed by atoms with van der Waals surface area (Å²) in [4.78, 5) is 17.1. The molecule has 0 radical (unpaired) electrons. The molecule has 1 amide bonds. The number of aliphatic hydroxyl groups is 1. The quantitative estimate of drug-likeness (QED) is 0.607. The van der Waals surface area contributed by atoms with E-state index in [0.29, 0.717) is 11.8 Å². The van der Waals surface area contributed by atoms with Crippen LogP contribution in [-0.4, -0.2) is 34.9 Å². The molecule has 0 aliphatic heterocycles. The fourth-order valence-corrected chi connectivity index (χ4v) is 3.88. The highest BCUT2D eigenvalue weighted by Gasteiger charge is 2.31. The Labute approximate surface area is 160 Å². The average Bonchev–Trinajstić information content (AvgIpc) is 2.55. The van der Waals surface area contributed by atoms with Crippen molar-refractivity contribution in [2.75, 3.05) is 7.11 Å². The monoisotopic (exact) mass is 379 g/mol. The number of pyridine rings is 1. The SMILES string of the molecule is CC1CC(NC(=O)OC(C)(C)C)CC(c2ccncc2SC#N)C1.CO. The molecule has 2 rings (SSSR count). The lowest BCUT2D eigenvalue weighted by Crippen LogP contribution is -2.42. The zero-order chi connectivity index (χ0) is 19.7. The van der Waals surface area contributed by atoms with Crippen molar-refractivity contribution in [3.05, 3.63) is 24.0 Å². The zero-order valence-electron chi connectivity index (χ0n) is 16.2. The summed E-state index contributed by atoms with van der Waals surface area (Å²) in [6, 6.07) is 2.08. The maximum Gasteiger partial charge on any atom is 0.407 e. The van der Waals surface area contributed by atoms with Crippen LogP contribution < -0.4 is 5.32 Å². The van der Waals surface area contributed by atoms with Gasteiger partial charge in [0.05, 0.1) is 0 Å². The predicted molar refractivity (Wildman–Crippen MR) is 103 cm³/mol. The largest absolute Gasteiger partial charge is 0.444 e. The number of hydrogen-bond donors (Lipinski definition) is 2. The van der Waals surface area contributed by atoms with Crippen LogP contribution in [0.15, 0.2) is 23.4 Å². The number of thiocyanates is 1. The Morgan fingerprint density at radius 1 is 1.38 bits per heavy atom. The molecule has 0 saturated heterocycles. The number of carbonyl (C=O) groups excluding carboxylic acids is 1. The second-order valence-corrected chi connectivity index (χ2v) is 8.29. The molecule has 1 aliphatic carbocycles. The normalized spacial score (nSPS) is 22.4. The van der Waals surface area contributed by atoms with Crippen molar-refractivity contribution < 1.29 is 14.6 Å². The first-order valence-corrected chi connectivity index (χ1v) is 9.54. The maximum absolute atomic E-state index is 12.1. The highest BCUT2D eigenvalue weighted by molar-refractivity contribution is 8.03. The minimum Gasteiger partial charge on any atom is -0.444 e. The first-order chi connectivity index (χ1) is 12.3. The molecule has 1 heterocycles. The van der Waals surface area contributed by atoms with E-state index in [9.17, 15) is 4.79 Å². The third-order valence-corrected chi connectivity index (χ3v) is 4.73. The van der Waals surface area contributed by atoms with Gasteiger partial charge in [-0.25, -0.2) is 4.79 Å². The molecular formula is C19H29N3O3S. The van der Waals surface area contributed by atoms with Crippen LogP contribution in [0.1, 0.15) is 58.4 Å². The molecule has 1 fully saturated rings. The van der Waals surface area contributed by atoms with Gasteiger partial charge in [-0.15, -0.1) is 0 Å². The molecule has 7 heteroatoms. The Bertz CT molecular complexity index is 625. The minimum atomic E-state index is -0.495. The Morgan fingerprint density at radius 2 is 2.08 bits per heavy atom. The minimum absolute atomic E-state index is 0.0849. The van der Waals surface area contributed by atoms with Crippen LogP contribution in [0.3, 0.4) is 0 Å². The Morgan fingerprint density at radius 3 is 2.69 bits per heavy atom. The number of carbonyl (C=O) groups is 1. The van der Waals surface area contributed by atoms with E-state index in [0.717, 1.165) is 48.6 Å². The number of nitriles is 1. The summed E-state index contributed by atoms with van der Waals surface area (Å²) in [6.45, 7) is 7.79. The van der Waals surface area contributed by atoms with Crippen molar-refractivity contribution in [2.45, 2.75) is 69.4 Å². The van der Waals surface area contributed by atoms with Gasteiger partial charge < -0.3 is 15.2 Å². The maximum atomic E-state index is 12.1. The van der Waals surface area contributed by atoms with Crippen LogP contribution in [0, 0.1) is 16.6 Å². The molecule has 26 heavy (non-hydrogen) atoms. The van der Waals surface area contributed by atoms with Crippen molar-refractivity contribution in [2.24, 2.45) is 5.92 Å². The van der Waals surface area contributed by atoms with Gasteiger partial charge in [0, 0.05) is 30.4 Å². The molecule has 1 aromatic rings. The van der Waals surface area contributed by atoms with Crippen LogP contribution in [0.25, 0.3) is 0 Å². The Kier molecular flexibility index (Phi) is 8.89. The molecule has 3 unspecified atom stereocenters. The van der Waals surface area contributed by atoms with E-state index >= 15 is 0 Å². The van der Waals surface area contributed by atoms with E-state index < -0.39 is 5.60 Å². The summed E-state index contributed by atoms with van der Waals surface area (Å²) < 4.78 is 5.37. The summed E-state index contributed by atoms with van der Waals surface area (Å²) in [5.41, 5.74) is 0.657. The molecule has 1 aliphatic rings. The highest BCUT2D eigenvalue weighted by atomic mass is 32.2. The molecule has 1 aromatic heterocycles. The number of aromatic nitrogens is 1. The van der Waals surface area contributed by atoms with Crippen molar-refractivity contribution in [1.29, 1.82) is 5.26 Å². The number of alkyl carbamates (subject to hydrolysis) is 1. The number of hydrogen-bond acceptors (Lipinski definition) is 6. The fourth-order valence-electron chi connectivity index (χ4n) is 3.31. The zero-order valence-corrected chi connectivity index (χ0v) is 17.0. The molecule has 144 valence electrons. The van der Waals surface area contributed by atoms with Crippen LogP contribution in [0.5, 0.6) is 0 Å². The van der Waals surface area contributed by atoms with E-state index in [1.165, 1.54) is 0 Å². The predicted octanol–water partition coefficient (Wildman–Crippen LogP) is 4.06. The molecule has 2 N–H and O–H groups in total. The van der Waals surface area contributed by atoms with Gasteiger partial charge in [0.25, 0.3) is 0 Å². The highest BCUT2D eigenvalue weighted by Crippen LogP contribution is 2.39. The molecule has 1 saturated carbocycles. The second-order valence-electron chi connectivity index (χ2n) is 7.46. The van der Waals surface area contributed by atoms with Gasteiger partial charge in [0.15, 0.2) is 0 Å². The van der Waals surface area contributed by atoms with E-state index in [4.69, 9.17) is 15.1 Å². The van der Waals surface area contributed by atoms with Crippen LogP contribution in [0.4, 0.5) is 4.79 Å². The lowest BCUT2D eigenvalue weighted by molar-refractivity contribution is 0.0482. The van der Waals surface area contributed by atoms with E-state index in [-0.39, 0.29) is 12.1 Å². The standard InChI is InChI=1S/C18H25N3O2S.CH4O/c1-12-7-13(15-5-6-20-10-16(15)24-11-19)9-14(8-12)21-17(22)23-18(2,3)4;1-2/h5-6,10,12-14H,7-9H2,1-4H3,(H,21,22);2H,1H3. The Balaban J connectivity index is 0.00000163. The van der Waals surface area contributed by atoms with Gasteiger partial charge in [-0.3, -0.25) is 4.98 Å². The molecule has 0 bridgehead atoms. The molecule has 0 spiro atoms.